The summed E-state index contributed by atoms with van der Waals surface area (Å²) in [5.41, 5.74) is 0.718. The Kier molecular flexibility index (Phi) is 6.52. The molecule has 0 radical (unpaired) electrons. The zero-order valence-corrected chi connectivity index (χ0v) is 12.3. The molecule has 0 aliphatic rings. The molecule has 104 valence electrons. The minimum Gasteiger partial charge on any atom is -0.478 e. The van der Waals surface area contributed by atoms with Crippen LogP contribution >= 0.6 is 34.8 Å². The topological polar surface area (TPSA) is 54.4 Å². The van der Waals surface area contributed by atoms with E-state index in [9.17, 15) is 9.59 Å². The number of benzene rings is 2. The lowest BCUT2D eigenvalue weighted by Gasteiger charge is -1.91. The lowest BCUT2D eigenvalue weighted by Crippen LogP contribution is -1.94. The Morgan fingerprint density at radius 1 is 0.750 bits per heavy atom. The maximum Gasteiger partial charge on any atom is 0.335 e. The van der Waals surface area contributed by atoms with Gasteiger partial charge >= 0.3 is 5.97 Å². The van der Waals surface area contributed by atoms with Crippen molar-refractivity contribution in [3.8, 4) is 0 Å². The van der Waals surface area contributed by atoms with Crippen molar-refractivity contribution in [3.05, 3.63) is 69.7 Å². The number of carboxylic acid groups (broad SMARTS) is 1. The highest BCUT2D eigenvalue weighted by Gasteiger charge is 1.99. The fourth-order valence-corrected chi connectivity index (χ4v) is 1.55. The van der Waals surface area contributed by atoms with Crippen LogP contribution in [0.2, 0.25) is 10.0 Å². The zero-order valence-electron chi connectivity index (χ0n) is 10.0. The molecular weight excluding hydrogens is 323 g/mol. The zero-order chi connectivity index (χ0) is 15.1. The third-order valence-corrected chi connectivity index (χ3v) is 2.88. The first-order chi connectivity index (χ1) is 9.40. The number of carbonyl (C=O) groups is 2. The smallest absolute Gasteiger partial charge is 0.335 e. The molecule has 6 heteroatoms. The van der Waals surface area contributed by atoms with Crippen LogP contribution in [0.4, 0.5) is 0 Å². The highest BCUT2D eigenvalue weighted by atomic mass is 35.5. The molecule has 0 atom stereocenters. The van der Waals surface area contributed by atoms with Crippen molar-refractivity contribution in [3.63, 3.8) is 0 Å². The van der Waals surface area contributed by atoms with Gasteiger partial charge in [-0.15, -0.1) is 0 Å². The summed E-state index contributed by atoms with van der Waals surface area (Å²) in [7, 11) is 0. The van der Waals surface area contributed by atoms with Gasteiger partial charge < -0.3 is 5.11 Å². The van der Waals surface area contributed by atoms with Crippen molar-refractivity contribution >= 4 is 46.0 Å². The van der Waals surface area contributed by atoms with E-state index >= 15 is 0 Å². The molecule has 3 nitrogen and oxygen atoms in total. The summed E-state index contributed by atoms with van der Waals surface area (Å²) in [5.74, 6) is -0.934. The van der Waals surface area contributed by atoms with Crippen molar-refractivity contribution in [2.24, 2.45) is 0 Å². The van der Waals surface area contributed by atoms with E-state index in [4.69, 9.17) is 39.9 Å². The molecule has 0 saturated heterocycles. The van der Waals surface area contributed by atoms with E-state index in [1.165, 1.54) is 12.1 Å². The number of rotatable bonds is 2. The Hall–Kier alpha value is -1.55. The summed E-state index contributed by atoms with van der Waals surface area (Å²) < 4.78 is 0. The first-order valence-corrected chi connectivity index (χ1v) is 6.48. The van der Waals surface area contributed by atoms with Gasteiger partial charge in [-0.2, -0.15) is 0 Å². The SMILES string of the molecule is O=C(Cl)c1ccc(Cl)cc1.O=C(O)c1ccc(Cl)cc1. The molecule has 0 unspecified atom stereocenters. The number of hydrogen-bond acceptors (Lipinski definition) is 2. The van der Waals surface area contributed by atoms with Crippen LogP contribution in [0.5, 0.6) is 0 Å². The molecule has 2 aromatic carbocycles. The molecule has 2 aromatic rings. The first-order valence-electron chi connectivity index (χ1n) is 5.34. The largest absolute Gasteiger partial charge is 0.478 e. The fourth-order valence-electron chi connectivity index (χ4n) is 1.17. The minimum atomic E-state index is -0.934. The van der Waals surface area contributed by atoms with Gasteiger partial charge in [-0.05, 0) is 60.1 Å². The maximum absolute atomic E-state index is 10.5. The Morgan fingerprint density at radius 3 is 1.40 bits per heavy atom. The van der Waals surface area contributed by atoms with Crippen molar-refractivity contribution in [1.29, 1.82) is 0 Å². The second-order valence-electron chi connectivity index (χ2n) is 3.59. The summed E-state index contributed by atoms with van der Waals surface area (Å²) in [6.45, 7) is 0. The summed E-state index contributed by atoms with van der Waals surface area (Å²) >= 11 is 16.3. The fraction of sp³-hybridized carbons (Fsp3) is 0. The molecule has 0 aliphatic carbocycles. The van der Waals surface area contributed by atoms with Gasteiger partial charge in [0.1, 0.15) is 0 Å². The number of halogens is 3. The maximum atomic E-state index is 10.5. The van der Waals surface area contributed by atoms with Crippen LogP contribution in [0, 0.1) is 0 Å². The monoisotopic (exact) mass is 330 g/mol. The molecule has 20 heavy (non-hydrogen) atoms. The van der Waals surface area contributed by atoms with Gasteiger partial charge in [-0.1, -0.05) is 23.2 Å². The van der Waals surface area contributed by atoms with E-state index in [0.29, 0.717) is 15.6 Å². The predicted octanol–water partition coefficient (Wildman–Crippen LogP) is 4.76. The second-order valence-corrected chi connectivity index (χ2v) is 4.81. The van der Waals surface area contributed by atoms with Crippen molar-refractivity contribution < 1.29 is 14.7 Å². The molecule has 0 amide bonds. The Labute approximate surface area is 130 Å². The number of aromatic carboxylic acids is 1. The summed E-state index contributed by atoms with van der Waals surface area (Å²) in [4.78, 5) is 20.7. The van der Waals surface area contributed by atoms with Gasteiger partial charge in [0.25, 0.3) is 5.24 Å². The molecule has 0 spiro atoms. The van der Waals surface area contributed by atoms with Gasteiger partial charge in [0, 0.05) is 15.6 Å². The van der Waals surface area contributed by atoms with E-state index in [1.54, 1.807) is 36.4 Å². The van der Waals surface area contributed by atoms with Crippen LogP contribution in [0.15, 0.2) is 48.5 Å². The highest BCUT2D eigenvalue weighted by Crippen LogP contribution is 2.10. The van der Waals surface area contributed by atoms with Crippen LogP contribution in [-0.2, 0) is 0 Å². The molecule has 2 rings (SSSR count). The summed E-state index contributed by atoms with van der Waals surface area (Å²) in [6, 6.07) is 12.4. The lowest BCUT2D eigenvalue weighted by atomic mass is 10.2. The van der Waals surface area contributed by atoms with Crippen molar-refractivity contribution in [2.75, 3.05) is 0 Å². The summed E-state index contributed by atoms with van der Waals surface area (Å²) in [6.07, 6.45) is 0. The van der Waals surface area contributed by atoms with E-state index in [1.807, 2.05) is 0 Å². The standard InChI is InChI=1S/C7H4Cl2O.C7H5ClO2/c2*8-6-3-1-5(2-4-6)7(9)10/h1-4H;1-4H,(H,9,10). The van der Waals surface area contributed by atoms with E-state index in [0.717, 1.165) is 0 Å². The average Bonchev–Trinajstić information content (AvgIpc) is 2.40. The highest BCUT2D eigenvalue weighted by molar-refractivity contribution is 6.67. The van der Waals surface area contributed by atoms with Crippen LogP contribution in [0.25, 0.3) is 0 Å². The van der Waals surface area contributed by atoms with Gasteiger partial charge in [0.05, 0.1) is 5.56 Å². The molecule has 0 aromatic heterocycles. The second kappa shape index (κ2) is 7.90. The minimum absolute atomic E-state index is 0.254. The van der Waals surface area contributed by atoms with E-state index in [2.05, 4.69) is 0 Å². The predicted molar refractivity (Wildman–Crippen MR) is 80.0 cm³/mol. The van der Waals surface area contributed by atoms with Gasteiger partial charge in [-0.3, -0.25) is 4.79 Å². The lowest BCUT2D eigenvalue weighted by molar-refractivity contribution is 0.0696. The third-order valence-electron chi connectivity index (χ3n) is 2.16. The quantitative estimate of drug-likeness (QED) is 0.807. The van der Waals surface area contributed by atoms with Crippen LogP contribution in [0.3, 0.4) is 0 Å². The van der Waals surface area contributed by atoms with E-state index in [-0.39, 0.29) is 5.56 Å². The number of carbonyl (C=O) groups excluding carboxylic acids is 1. The molecule has 0 heterocycles. The number of carboxylic acids is 1. The molecular formula is C14H9Cl3O3. The normalized spacial score (nSPS) is 9.35. The molecule has 1 N–H and O–H groups in total. The van der Waals surface area contributed by atoms with Crippen molar-refractivity contribution in [2.45, 2.75) is 0 Å². The first kappa shape index (κ1) is 16.5. The van der Waals surface area contributed by atoms with Crippen LogP contribution in [-0.4, -0.2) is 16.3 Å². The Bertz CT molecular complexity index is 537. The van der Waals surface area contributed by atoms with E-state index < -0.39 is 11.2 Å². The molecule has 0 fully saturated rings. The number of hydrogen-bond donors (Lipinski definition) is 1. The van der Waals surface area contributed by atoms with Gasteiger partial charge in [0.15, 0.2) is 0 Å². The van der Waals surface area contributed by atoms with Crippen LogP contribution < -0.4 is 0 Å². The summed E-state index contributed by atoms with van der Waals surface area (Å²) in [5, 5.41) is 9.12. The Morgan fingerprint density at radius 2 is 1.10 bits per heavy atom. The molecule has 0 saturated carbocycles. The average molecular weight is 332 g/mol. The third kappa shape index (κ3) is 5.61. The van der Waals surface area contributed by atoms with Crippen LogP contribution in [0.1, 0.15) is 20.7 Å². The van der Waals surface area contributed by atoms with Gasteiger partial charge in [-0.25, -0.2) is 4.79 Å². The van der Waals surface area contributed by atoms with Gasteiger partial charge in [0.2, 0.25) is 0 Å². The molecule has 0 aliphatic heterocycles. The van der Waals surface area contributed by atoms with Crippen molar-refractivity contribution in [1.82, 2.24) is 0 Å². The Balaban J connectivity index is 0.000000200. The molecule has 0 bridgehead atoms.